The van der Waals surface area contributed by atoms with Crippen molar-refractivity contribution in [2.45, 2.75) is 13.3 Å². The average Bonchev–Trinajstić information content (AvgIpc) is 3.05. The number of piperazine rings is 1. The summed E-state index contributed by atoms with van der Waals surface area (Å²) >= 11 is 5.95. The number of nitrogens with two attached hydrogens (primary N) is 1. The molecule has 0 spiro atoms. The van der Waals surface area contributed by atoms with Crippen LogP contribution in [0.2, 0.25) is 5.02 Å². The lowest BCUT2D eigenvalue weighted by Crippen LogP contribution is -2.47. The second kappa shape index (κ2) is 9.35. The molecule has 1 aliphatic heterocycles. The van der Waals surface area contributed by atoms with E-state index in [4.69, 9.17) is 17.3 Å². The second-order valence-corrected chi connectivity index (χ2v) is 8.64. The van der Waals surface area contributed by atoms with Crippen molar-refractivity contribution >= 4 is 23.2 Å². The number of benzene rings is 2. The number of hydrogen-bond acceptors (Lipinski definition) is 3. The van der Waals surface area contributed by atoms with E-state index in [0.29, 0.717) is 11.3 Å². The van der Waals surface area contributed by atoms with Crippen LogP contribution in [0.15, 0.2) is 48.5 Å². The molecular weight excluding hydrogens is 427 g/mol. The molecule has 3 aromatic rings. The molecule has 1 saturated heterocycles. The van der Waals surface area contributed by atoms with Crippen molar-refractivity contribution in [2.75, 3.05) is 37.6 Å². The Morgan fingerprint density at radius 1 is 1.06 bits per heavy atom. The fourth-order valence-electron chi connectivity index (χ4n) is 4.63. The van der Waals surface area contributed by atoms with E-state index in [1.807, 2.05) is 37.1 Å². The van der Waals surface area contributed by atoms with Crippen molar-refractivity contribution in [3.05, 3.63) is 76.2 Å². The summed E-state index contributed by atoms with van der Waals surface area (Å²) in [5, 5.41) is 0.150. The lowest BCUT2D eigenvalue weighted by molar-refractivity contribution is 0.0998. The summed E-state index contributed by atoms with van der Waals surface area (Å²) in [5.41, 5.74) is 10.9. The van der Waals surface area contributed by atoms with Crippen LogP contribution in [0.5, 0.6) is 0 Å². The van der Waals surface area contributed by atoms with Gasteiger partial charge in [-0.25, -0.2) is 4.39 Å². The first kappa shape index (κ1) is 22.4. The first-order valence-corrected chi connectivity index (χ1v) is 11.2. The van der Waals surface area contributed by atoms with Gasteiger partial charge in [-0.3, -0.25) is 9.69 Å². The van der Waals surface area contributed by atoms with Crippen LogP contribution in [0.1, 0.15) is 21.6 Å². The van der Waals surface area contributed by atoms with Gasteiger partial charge in [0.25, 0.3) is 5.91 Å². The Hall–Kier alpha value is -2.83. The smallest absolute Gasteiger partial charge is 0.250 e. The molecule has 0 atom stereocenters. The summed E-state index contributed by atoms with van der Waals surface area (Å²) in [7, 11) is 1.98. The zero-order chi connectivity index (χ0) is 22.8. The highest BCUT2D eigenvalue weighted by atomic mass is 35.5. The van der Waals surface area contributed by atoms with Crippen LogP contribution in [0.3, 0.4) is 0 Å². The third-order valence-electron chi connectivity index (χ3n) is 6.40. The number of nitrogens with zero attached hydrogens (tertiary/aromatic N) is 3. The maximum absolute atomic E-state index is 14.4. The van der Waals surface area contributed by atoms with Crippen molar-refractivity contribution in [2.24, 2.45) is 12.8 Å². The Balaban J connectivity index is 1.50. The summed E-state index contributed by atoms with van der Waals surface area (Å²) in [6, 6.07) is 15.2. The van der Waals surface area contributed by atoms with Crippen molar-refractivity contribution in [1.29, 1.82) is 0 Å². The number of carbonyl (C=O) groups is 1. The standard InChI is InChI=1S/C25H28ClFN4O/c1-17-22(25(28)32)19(24(29(17)2)18-7-4-3-5-8-18)11-12-30-13-15-31(16-14-30)21-10-6-9-20(26)23(21)27/h3-10H,11-16H2,1-2H3,(H2,28,32). The first-order chi connectivity index (χ1) is 15.4. The third kappa shape index (κ3) is 4.25. The van der Waals surface area contributed by atoms with E-state index in [1.54, 1.807) is 18.2 Å². The molecule has 0 radical (unpaired) electrons. The molecule has 0 saturated carbocycles. The van der Waals surface area contributed by atoms with Gasteiger partial charge in [-0.15, -0.1) is 0 Å². The van der Waals surface area contributed by atoms with Crippen LogP contribution in [0, 0.1) is 12.7 Å². The number of hydrogen-bond donors (Lipinski definition) is 1. The molecule has 2 heterocycles. The summed E-state index contributed by atoms with van der Waals surface area (Å²) in [6.07, 6.45) is 0.718. The largest absolute Gasteiger partial charge is 0.367 e. The lowest BCUT2D eigenvalue weighted by Gasteiger charge is -2.36. The van der Waals surface area contributed by atoms with Gasteiger partial charge >= 0.3 is 0 Å². The molecule has 32 heavy (non-hydrogen) atoms. The van der Waals surface area contributed by atoms with Crippen LogP contribution in [-0.4, -0.2) is 48.1 Å². The van der Waals surface area contributed by atoms with Gasteiger partial charge in [0.15, 0.2) is 5.82 Å². The second-order valence-electron chi connectivity index (χ2n) is 8.23. The number of rotatable bonds is 6. The molecular formula is C25H28ClFN4O. The van der Waals surface area contributed by atoms with Gasteiger partial charge in [0.2, 0.25) is 0 Å². The SMILES string of the molecule is Cc1c(C(N)=O)c(CCN2CCN(c3cccc(Cl)c3F)CC2)c(-c2ccccc2)n1C. The summed E-state index contributed by atoms with van der Waals surface area (Å²) in [6.45, 7) is 5.80. The number of carbonyl (C=O) groups excluding carboxylic acids is 1. The van der Waals surface area contributed by atoms with Gasteiger partial charge < -0.3 is 15.2 Å². The highest BCUT2D eigenvalue weighted by Gasteiger charge is 2.25. The van der Waals surface area contributed by atoms with Gasteiger partial charge in [-0.05, 0) is 36.6 Å². The van der Waals surface area contributed by atoms with Crippen LogP contribution < -0.4 is 10.6 Å². The van der Waals surface area contributed by atoms with E-state index in [0.717, 1.165) is 61.7 Å². The summed E-state index contributed by atoms with van der Waals surface area (Å²) in [4.78, 5) is 16.7. The topological polar surface area (TPSA) is 54.5 Å². The van der Waals surface area contributed by atoms with Crippen molar-refractivity contribution in [3.63, 3.8) is 0 Å². The molecule has 0 aliphatic carbocycles. The molecule has 1 fully saturated rings. The Bertz CT molecular complexity index is 1120. The number of amides is 1. The molecule has 0 bridgehead atoms. The summed E-state index contributed by atoms with van der Waals surface area (Å²) < 4.78 is 16.4. The van der Waals surface area contributed by atoms with Crippen LogP contribution in [0.4, 0.5) is 10.1 Å². The molecule has 2 N–H and O–H groups in total. The predicted octanol–water partition coefficient (Wildman–Crippen LogP) is 4.26. The van der Waals surface area contributed by atoms with Gasteiger partial charge in [-0.2, -0.15) is 0 Å². The zero-order valence-electron chi connectivity index (χ0n) is 18.4. The van der Waals surface area contributed by atoms with Crippen molar-refractivity contribution in [3.8, 4) is 11.3 Å². The third-order valence-corrected chi connectivity index (χ3v) is 6.70. The van der Waals surface area contributed by atoms with E-state index < -0.39 is 5.91 Å². The number of primary amides is 1. The number of halogens is 2. The Kier molecular flexibility index (Phi) is 6.53. The molecule has 1 amide bonds. The Morgan fingerprint density at radius 2 is 1.75 bits per heavy atom. The average molecular weight is 455 g/mol. The summed E-state index contributed by atoms with van der Waals surface area (Å²) in [5.74, 6) is -0.752. The number of anilines is 1. The minimum Gasteiger partial charge on any atom is -0.367 e. The molecule has 0 unspecified atom stereocenters. The maximum atomic E-state index is 14.4. The van der Waals surface area contributed by atoms with Crippen molar-refractivity contribution < 1.29 is 9.18 Å². The fraction of sp³-hybridized carbons (Fsp3) is 0.320. The maximum Gasteiger partial charge on any atom is 0.250 e. The molecule has 1 aromatic heterocycles. The van der Waals surface area contributed by atoms with Crippen LogP contribution in [0.25, 0.3) is 11.3 Å². The Labute approximate surface area is 193 Å². The first-order valence-electron chi connectivity index (χ1n) is 10.8. The molecule has 5 nitrogen and oxygen atoms in total. The Morgan fingerprint density at radius 3 is 2.41 bits per heavy atom. The highest BCUT2D eigenvalue weighted by Crippen LogP contribution is 2.32. The van der Waals surface area contributed by atoms with E-state index in [1.165, 1.54) is 0 Å². The quantitative estimate of drug-likeness (QED) is 0.605. The molecule has 168 valence electrons. The van der Waals surface area contributed by atoms with Crippen molar-refractivity contribution in [1.82, 2.24) is 9.47 Å². The molecule has 1 aliphatic rings. The highest BCUT2D eigenvalue weighted by molar-refractivity contribution is 6.31. The predicted molar refractivity (Wildman–Crippen MR) is 128 cm³/mol. The van der Waals surface area contributed by atoms with E-state index in [-0.39, 0.29) is 10.8 Å². The molecule has 4 rings (SSSR count). The van der Waals surface area contributed by atoms with E-state index >= 15 is 0 Å². The van der Waals surface area contributed by atoms with Gasteiger partial charge in [0.05, 0.1) is 22.0 Å². The van der Waals surface area contributed by atoms with Crippen LogP contribution in [-0.2, 0) is 13.5 Å². The van der Waals surface area contributed by atoms with Crippen LogP contribution >= 0.6 is 11.6 Å². The number of aromatic nitrogens is 1. The fourth-order valence-corrected chi connectivity index (χ4v) is 4.80. The van der Waals surface area contributed by atoms with E-state index in [9.17, 15) is 9.18 Å². The molecule has 7 heteroatoms. The van der Waals surface area contributed by atoms with Gasteiger partial charge in [0, 0.05) is 45.5 Å². The zero-order valence-corrected chi connectivity index (χ0v) is 19.2. The normalized spacial score (nSPS) is 14.7. The molecule has 2 aromatic carbocycles. The van der Waals surface area contributed by atoms with Gasteiger partial charge in [0.1, 0.15) is 0 Å². The lowest BCUT2D eigenvalue weighted by atomic mass is 10.00. The monoisotopic (exact) mass is 454 g/mol. The minimum absolute atomic E-state index is 0.150. The minimum atomic E-state index is -0.392. The van der Waals surface area contributed by atoms with E-state index in [2.05, 4.69) is 21.6 Å². The van der Waals surface area contributed by atoms with Gasteiger partial charge in [-0.1, -0.05) is 48.0 Å².